The predicted molar refractivity (Wildman–Crippen MR) is 114 cm³/mol. The number of hydrogen-bond donors (Lipinski definition) is 2. The third-order valence-electron chi connectivity index (χ3n) is 5.72. The van der Waals surface area contributed by atoms with Gasteiger partial charge in [-0.25, -0.2) is 4.98 Å². The van der Waals surface area contributed by atoms with Crippen molar-refractivity contribution in [2.24, 2.45) is 11.7 Å². The minimum atomic E-state index is -0.451. The van der Waals surface area contributed by atoms with E-state index in [9.17, 15) is 9.90 Å². The summed E-state index contributed by atoms with van der Waals surface area (Å²) in [7, 11) is 0. The summed E-state index contributed by atoms with van der Waals surface area (Å²) in [5.74, 6) is 1.07. The van der Waals surface area contributed by atoms with Crippen LogP contribution in [0, 0.1) is 5.92 Å². The first-order chi connectivity index (χ1) is 14.6. The summed E-state index contributed by atoms with van der Waals surface area (Å²) in [5.41, 5.74) is 8.84. The summed E-state index contributed by atoms with van der Waals surface area (Å²) >= 11 is 0. The second-order valence-corrected chi connectivity index (χ2v) is 7.97. The number of piperidine rings is 1. The first-order valence-electron chi connectivity index (χ1n) is 10.4. The fourth-order valence-electron chi connectivity index (χ4n) is 3.98. The van der Waals surface area contributed by atoms with E-state index < -0.39 is 6.04 Å². The van der Waals surface area contributed by atoms with Crippen molar-refractivity contribution < 1.29 is 14.3 Å². The summed E-state index contributed by atoms with van der Waals surface area (Å²) in [6, 6.07) is 16.9. The molecule has 0 spiro atoms. The number of phenols is 1. The highest BCUT2D eigenvalue weighted by atomic mass is 16.3. The van der Waals surface area contributed by atoms with Crippen LogP contribution in [0.3, 0.4) is 0 Å². The zero-order chi connectivity index (χ0) is 20.9. The van der Waals surface area contributed by atoms with Crippen LogP contribution in [0.2, 0.25) is 0 Å². The molecule has 4 rings (SSSR count). The van der Waals surface area contributed by atoms with Crippen molar-refractivity contribution in [1.82, 2.24) is 9.88 Å². The molecule has 1 aliphatic heterocycles. The zero-order valence-corrected chi connectivity index (χ0v) is 16.9. The highest BCUT2D eigenvalue weighted by molar-refractivity contribution is 5.92. The number of aromatic nitrogens is 1. The second-order valence-electron chi connectivity index (χ2n) is 7.97. The Morgan fingerprint density at radius 3 is 2.50 bits per heavy atom. The second kappa shape index (κ2) is 9.13. The Bertz CT molecular complexity index is 961. The number of aromatic hydroxyl groups is 1. The van der Waals surface area contributed by atoms with Crippen LogP contribution >= 0.6 is 0 Å². The number of carbonyl (C=O) groups excluding carboxylic acids is 1. The Kier molecular flexibility index (Phi) is 6.14. The van der Waals surface area contributed by atoms with Gasteiger partial charge in [-0.3, -0.25) is 4.79 Å². The summed E-state index contributed by atoms with van der Waals surface area (Å²) in [4.78, 5) is 19.0. The number of nitrogens with two attached hydrogens (primary N) is 1. The van der Waals surface area contributed by atoms with Crippen LogP contribution in [0.4, 0.5) is 0 Å². The number of amides is 1. The molecule has 3 aromatic rings. The van der Waals surface area contributed by atoms with E-state index >= 15 is 0 Å². The monoisotopic (exact) mass is 405 g/mol. The fourth-order valence-corrected chi connectivity index (χ4v) is 3.98. The molecule has 1 fully saturated rings. The number of hydrogen-bond acceptors (Lipinski definition) is 5. The molecule has 0 radical (unpaired) electrons. The quantitative estimate of drug-likeness (QED) is 0.652. The smallest absolute Gasteiger partial charge is 0.275 e. The van der Waals surface area contributed by atoms with Gasteiger partial charge >= 0.3 is 0 Å². The minimum Gasteiger partial charge on any atom is -0.508 e. The van der Waals surface area contributed by atoms with Crippen molar-refractivity contribution in [3.8, 4) is 5.75 Å². The molecule has 0 saturated carbocycles. The van der Waals surface area contributed by atoms with Gasteiger partial charge in [0.2, 0.25) is 5.89 Å². The van der Waals surface area contributed by atoms with Crippen molar-refractivity contribution in [1.29, 1.82) is 0 Å². The summed E-state index contributed by atoms with van der Waals surface area (Å²) < 4.78 is 5.50. The number of nitrogens with zero attached hydrogens (tertiary/aromatic N) is 2. The molecule has 1 aromatic heterocycles. The molecule has 1 aliphatic rings. The Labute approximate surface area is 176 Å². The zero-order valence-electron chi connectivity index (χ0n) is 16.9. The van der Waals surface area contributed by atoms with Crippen molar-refractivity contribution in [2.45, 2.75) is 31.7 Å². The van der Waals surface area contributed by atoms with E-state index in [-0.39, 0.29) is 11.7 Å². The highest BCUT2D eigenvalue weighted by Crippen LogP contribution is 2.24. The molecular formula is C24H27N3O3. The van der Waals surface area contributed by atoms with Crippen LogP contribution in [0.1, 0.15) is 46.4 Å². The Balaban J connectivity index is 1.31. The van der Waals surface area contributed by atoms with Crippen molar-refractivity contribution in [3.05, 3.63) is 83.6 Å². The lowest BCUT2D eigenvalue weighted by atomic mass is 9.90. The largest absolute Gasteiger partial charge is 0.508 e. The van der Waals surface area contributed by atoms with Gasteiger partial charge in [-0.05, 0) is 54.9 Å². The van der Waals surface area contributed by atoms with Gasteiger partial charge in [0.05, 0.1) is 6.04 Å². The van der Waals surface area contributed by atoms with Crippen molar-refractivity contribution in [3.63, 3.8) is 0 Å². The topological polar surface area (TPSA) is 92.6 Å². The van der Waals surface area contributed by atoms with Crippen LogP contribution in [-0.4, -0.2) is 34.0 Å². The standard InChI is InChI=1S/C24H27N3O3/c25-21(15-18-6-8-20(28)9-7-18)23-26-22(16-30-23)24(29)27-12-10-19(11-13-27)14-17-4-2-1-3-5-17/h1-9,16,19,21,28H,10-15,25H2. The number of benzene rings is 2. The van der Waals surface area contributed by atoms with E-state index in [1.165, 1.54) is 11.8 Å². The van der Waals surface area contributed by atoms with Crippen LogP contribution in [-0.2, 0) is 12.8 Å². The third-order valence-corrected chi connectivity index (χ3v) is 5.72. The van der Waals surface area contributed by atoms with Gasteiger partial charge in [0, 0.05) is 13.1 Å². The molecule has 6 heteroatoms. The van der Waals surface area contributed by atoms with E-state index in [2.05, 4.69) is 29.2 Å². The first kappa shape index (κ1) is 20.2. The molecule has 1 atom stereocenters. The van der Waals surface area contributed by atoms with E-state index in [0.717, 1.165) is 37.9 Å². The molecule has 1 amide bonds. The molecule has 30 heavy (non-hydrogen) atoms. The molecule has 156 valence electrons. The number of carbonyl (C=O) groups is 1. The number of phenolic OH excluding ortho intramolecular Hbond substituents is 1. The lowest BCUT2D eigenvalue weighted by molar-refractivity contribution is 0.0684. The fraction of sp³-hybridized carbons (Fsp3) is 0.333. The molecule has 3 N–H and O–H groups in total. The van der Waals surface area contributed by atoms with Gasteiger partial charge in [0.1, 0.15) is 12.0 Å². The SMILES string of the molecule is NC(Cc1ccc(O)cc1)c1nc(C(=O)N2CCC(Cc3ccccc3)CC2)co1. The molecule has 1 saturated heterocycles. The Morgan fingerprint density at radius 1 is 1.10 bits per heavy atom. The van der Waals surface area contributed by atoms with E-state index in [1.807, 2.05) is 23.1 Å². The average Bonchev–Trinajstić information content (AvgIpc) is 3.27. The Morgan fingerprint density at radius 2 is 1.80 bits per heavy atom. The van der Waals surface area contributed by atoms with Crippen molar-refractivity contribution in [2.75, 3.05) is 13.1 Å². The van der Waals surface area contributed by atoms with Gasteiger partial charge in [0.15, 0.2) is 5.69 Å². The molecule has 0 aliphatic carbocycles. The number of rotatable bonds is 6. The predicted octanol–water partition coefficient (Wildman–Crippen LogP) is 3.72. The molecule has 2 aromatic carbocycles. The maximum atomic E-state index is 12.8. The van der Waals surface area contributed by atoms with Gasteiger partial charge in [0.25, 0.3) is 5.91 Å². The normalized spacial score (nSPS) is 15.8. The molecule has 2 heterocycles. The van der Waals surface area contributed by atoms with E-state index in [4.69, 9.17) is 10.2 Å². The number of oxazole rings is 1. The van der Waals surface area contributed by atoms with Gasteiger partial charge in [-0.1, -0.05) is 42.5 Å². The summed E-state index contributed by atoms with van der Waals surface area (Å²) in [6.45, 7) is 1.47. The highest BCUT2D eigenvalue weighted by Gasteiger charge is 2.26. The summed E-state index contributed by atoms with van der Waals surface area (Å²) in [5, 5.41) is 9.38. The molecule has 0 bridgehead atoms. The van der Waals surface area contributed by atoms with Gasteiger partial charge in [-0.2, -0.15) is 0 Å². The van der Waals surface area contributed by atoms with Crippen LogP contribution in [0.5, 0.6) is 5.75 Å². The maximum Gasteiger partial charge on any atom is 0.275 e. The maximum absolute atomic E-state index is 12.8. The third kappa shape index (κ3) is 4.89. The average molecular weight is 405 g/mol. The Hall–Kier alpha value is -3.12. The minimum absolute atomic E-state index is 0.0972. The lowest BCUT2D eigenvalue weighted by Crippen LogP contribution is -2.39. The molecular weight excluding hydrogens is 378 g/mol. The van der Waals surface area contributed by atoms with Gasteiger partial charge < -0.3 is 20.2 Å². The van der Waals surface area contributed by atoms with Crippen LogP contribution < -0.4 is 5.73 Å². The van der Waals surface area contributed by atoms with Gasteiger partial charge in [-0.15, -0.1) is 0 Å². The number of likely N-dealkylation sites (tertiary alicyclic amines) is 1. The first-order valence-corrected chi connectivity index (χ1v) is 10.4. The summed E-state index contributed by atoms with van der Waals surface area (Å²) in [6.07, 6.45) is 4.96. The lowest BCUT2D eigenvalue weighted by Gasteiger charge is -2.31. The van der Waals surface area contributed by atoms with Crippen LogP contribution in [0.25, 0.3) is 0 Å². The van der Waals surface area contributed by atoms with E-state index in [0.29, 0.717) is 23.9 Å². The molecule has 6 nitrogen and oxygen atoms in total. The molecule has 1 unspecified atom stereocenters. The van der Waals surface area contributed by atoms with Crippen molar-refractivity contribution >= 4 is 5.91 Å². The van der Waals surface area contributed by atoms with E-state index in [1.54, 1.807) is 12.1 Å². The van der Waals surface area contributed by atoms with Crippen LogP contribution in [0.15, 0.2) is 65.3 Å².